The van der Waals surface area contributed by atoms with Crippen molar-refractivity contribution in [3.8, 4) is 11.5 Å². The van der Waals surface area contributed by atoms with Crippen LogP contribution in [0.4, 0.5) is 5.69 Å². The summed E-state index contributed by atoms with van der Waals surface area (Å²) in [6.45, 7) is 3.26. The van der Waals surface area contributed by atoms with Crippen molar-refractivity contribution in [2.75, 3.05) is 16.2 Å². The highest BCUT2D eigenvalue weighted by Crippen LogP contribution is 2.30. The lowest BCUT2D eigenvalue weighted by Crippen LogP contribution is -2.17. The Morgan fingerprint density at radius 1 is 1.03 bits per heavy atom. The maximum absolute atomic E-state index is 13.1. The third-order valence-electron chi connectivity index (χ3n) is 5.17. The van der Waals surface area contributed by atoms with Crippen LogP contribution >= 0.6 is 0 Å². The van der Waals surface area contributed by atoms with E-state index in [1.54, 1.807) is 38.1 Å². The molecule has 0 bridgehead atoms. The van der Waals surface area contributed by atoms with E-state index in [1.807, 2.05) is 30.3 Å². The number of benzene rings is 2. The average Bonchev–Trinajstić information content (AvgIpc) is 3.22. The number of hydrogen-bond donors (Lipinski definition) is 1. The van der Waals surface area contributed by atoms with Crippen molar-refractivity contribution in [3.05, 3.63) is 66.0 Å². The quantitative estimate of drug-likeness (QED) is 0.602. The van der Waals surface area contributed by atoms with Gasteiger partial charge < -0.3 is 4.74 Å². The summed E-state index contributed by atoms with van der Waals surface area (Å²) in [5.74, 6) is 1.33. The second kappa shape index (κ2) is 8.01. The number of sulfone groups is 1. The zero-order valence-electron chi connectivity index (χ0n) is 17.1. The van der Waals surface area contributed by atoms with Crippen LogP contribution in [0.1, 0.15) is 23.9 Å². The molecule has 1 aliphatic heterocycles. The lowest BCUT2D eigenvalue weighted by atomic mass is 10.2. The second-order valence-corrected chi connectivity index (χ2v) is 11.4. The van der Waals surface area contributed by atoms with Crippen molar-refractivity contribution in [1.82, 2.24) is 9.78 Å². The zero-order chi connectivity index (χ0) is 22.2. The molecule has 4 rings (SSSR count). The summed E-state index contributed by atoms with van der Waals surface area (Å²) in [5, 5.41) is 4.34. The van der Waals surface area contributed by atoms with E-state index in [1.165, 1.54) is 4.68 Å². The fraction of sp³-hybridized carbons (Fsp3) is 0.286. The van der Waals surface area contributed by atoms with Crippen molar-refractivity contribution in [1.29, 1.82) is 0 Å². The van der Waals surface area contributed by atoms with Crippen molar-refractivity contribution >= 4 is 25.5 Å². The van der Waals surface area contributed by atoms with E-state index >= 15 is 0 Å². The first-order valence-electron chi connectivity index (χ1n) is 9.76. The lowest BCUT2D eigenvalue weighted by molar-refractivity contribution is 0.482. The van der Waals surface area contributed by atoms with E-state index in [4.69, 9.17) is 4.74 Å². The number of ether oxygens (including phenoxy) is 1. The Hall–Kier alpha value is -2.85. The van der Waals surface area contributed by atoms with Crippen LogP contribution in [0.2, 0.25) is 0 Å². The van der Waals surface area contributed by atoms with Crippen LogP contribution in [-0.2, 0) is 19.9 Å². The molecule has 0 amide bonds. The van der Waals surface area contributed by atoms with Crippen LogP contribution in [0.25, 0.3) is 0 Å². The molecule has 164 valence electrons. The molecule has 1 aromatic heterocycles. The third kappa shape index (κ3) is 4.59. The van der Waals surface area contributed by atoms with Crippen LogP contribution in [0.15, 0.2) is 59.5 Å². The zero-order valence-corrected chi connectivity index (χ0v) is 18.8. The Morgan fingerprint density at radius 3 is 2.29 bits per heavy atom. The number of aryl methyl sites for hydroxylation is 1. The van der Waals surface area contributed by atoms with Gasteiger partial charge in [0.05, 0.1) is 28.9 Å². The van der Waals surface area contributed by atoms with Gasteiger partial charge in [-0.3, -0.25) is 9.40 Å². The minimum Gasteiger partial charge on any atom is -0.457 e. The highest BCUT2D eigenvalue weighted by Gasteiger charge is 2.33. The predicted octanol–water partition coefficient (Wildman–Crippen LogP) is 3.45. The Kier molecular flexibility index (Phi) is 5.52. The standard InChI is InChI=1S/C21H23N3O5S2/c1-15-21(16(2)24(22-15)18-12-13-30(25,26)14-18)31(27,28)23-17-8-10-20(11-9-17)29-19-6-4-3-5-7-19/h3-11,18,23H,12-14H2,1-2H3. The fourth-order valence-electron chi connectivity index (χ4n) is 3.78. The first kappa shape index (κ1) is 21.4. The monoisotopic (exact) mass is 461 g/mol. The molecule has 10 heteroatoms. The summed E-state index contributed by atoms with van der Waals surface area (Å²) < 4.78 is 59.6. The number of anilines is 1. The summed E-state index contributed by atoms with van der Waals surface area (Å²) in [6, 6.07) is 15.5. The Labute approximate surface area is 181 Å². The van der Waals surface area contributed by atoms with Crippen LogP contribution in [-0.4, -0.2) is 38.1 Å². The molecule has 1 saturated heterocycles. The fourth-order valence-corrected chi connectivity index (χ4v) is 6.93. The molecular weight excluding hydrogens is 438 g/mol. The summed E-state index contributed by atoms with van der Waals surface area (Å²) >= 11 is 0. The van der Waals surface area contributed by atoms with Crippen LogP contribution in [0.3, 0.4) is 0 Å². The van der Waals surface area contributed by atoms with Crippen molar-refractivity contribution < 1.29 is 21.6 Å². The molecule has 31 heavy (non-hydrogen) atoms. The number of aromatic nitrogens is 2. The lowest BCUT2D eigenvalue weighted by Gasteiger charge is -2.12. The van der Waals surface area contributed by atoms with Gasteiger partial charge in [0, 0.05) is 5.69 Å². The molecular formula is C21H23N3O5S2. The van der Waals surface area contributed by atoms with E-state index in [2.05, 4.69) is 9.82 Å². The topological polar surface area (TPSA) is 107 Å². The number of para-hydroxylation sites is 1. The van der Waals surface area contributed by atoms with Crippen LogP contribution in [0.5, 0.6) is 11.5 Å². The number of rotatable bonds is 6. The predicted molar refractivity (Wildman–Crippen MR) is 118 cm³/mol. The average molecular weight is 462 g/mol. The maximum Gasteiger partial charge on any atom is 0.265 e. The molecule has 2 heterocycles. The van der Waals surface area contributed by atoms with Crippen molar-refractivity contribution in [3.63, 3.8) is 0 Å². The van der Waals surface area contributed by atoms with Gasteiger partial charge in [-0.25, -0.2) is 16.8 Å². The van der Waals surface area contributed by atoms with E-state index in [0.717, 1.165) is 0 Å². The minimum atomic E-state index is -3.91. The minimum absolute atomic E-state index is 0.0231. The molecule has 0 radical (unpaired) electrons. The van der Waals surface area contributed by atoms with Gasteiger partial charge >= 0.3 is 0 Å². The smallest absolute Gasteiger partial charge is 0.265 e. The van der Waals surface area contributed by atoms with Gasteiger partial charge in [-0.05, 0) is 56.7 Å². The molecule has 0 saturated carbocycles. The largest absolute Gasteiger partial charge is 0.457 e. The van der Waals surface area contributed by atoms with Gasteiger partial charge in [-0.15, -0.1) is 0 Å². The van der Waals surface area contributed by atoms with Crippen LogP contribution in [0, 0.1) is 13.8 Å². The number of sulfonamides is 1. The molecule has 3 aromatic rings. The van der Waals surface area contributed by atoms with Crippen molar-refractivity contribution in [2.24, 2.45) is 0 Å². The summed E-state index contributed by atoms with van der Waals surface area (Å²) in [6.07, 6.45) is 0.431. The number of nitrogens with zero attached hydrogens (tertiary/aromatic N) is 2. The maximum atomic E-state index is 13.1. The summed E-state index contributed by atoms with van der Waals surface area (Å²) in [4.78, 5) is 0.0708. The molecule has 8 nitrogen and oxygen atoms in total. The van der Waals surface area contributed by atoms with Gasteiger partial charge in [0.15, 0.2) is 9.84 Å². The molecule has 1 aliphatic rings. The van der Waals surface area contributed by atoms with Gasteiger partial charge in [0.1, 0.15) is 16.4 Å². The molecule has 2 aromatic carbocycles. The Balaban J connectivity index is 1.54. The third-order valence-corrected chi connectivity index (χ3v) is 8.55. The molecule has 0 aliphatic carbocycles. The summed E-state index contributed by atoms with van der Waals surface area (Å²) in [5.41, 5.74) is 1.14. The number of nitrogens with one attached hydrogen (secondary N) is 1. The van der Waals surface area contributed by atoms with Gasteiger partial charge in [0.2, 0.25) is 0 Å². The van der Waals surface area contributed by atoms with Gasteiger partial charge in [-0.2, -0.15) is 5.10 Å². The van der Waals surface area contributed by atoms with Gasteiger partial charge in [0.25, 0.3) is 10.0 Å². The van der Waals surface area contributed by atoms with E-state index in [0.29, 0.717) is 35.0 Å². The Morgan fingerprint density at radius 2 is 1.68 bits per heavy atom. The molecule has 0 spiro atoms. The summed E-state index contributed by atoms with van der Waals surface area (Å²) in [7, 11) is -7.02. The van der Waals surface area contributed by atoms with Crippen molar-refractivity contribution in [2.45, 2.75) is 31.2 Å². The van der Waals surface area contributed by atoms with E-state index < -0.39 is 19.9 Å². The molecule has 1 fully saturated rings. The number of hydrogen-bond acceptors (Lipinski definition) is 6. The molecule has 1 unspecified atom stereocenters. The van der Waals surface area contributed by atoms with E-state index in [9.17, 15) is 16.8 Å². The normalized spacial score (nSPS) is 18.1. The molecule has 1 atom stereocenters. The Bertz CT molecular complexity index is 1300. The second-order valence-electron chi connectivity index (χ2n) is 7.55. The highest BCUT2D eigenvalue weighted by molar-refractivity contribution is 7.92. The van der Waals surface area contributed by atoms with Gasteiger partial charge in [-0.1, -0.05) is 18.2 Å². The first-order chi connectivity index (χ1) is 14.6. The SMILES string of the molecule is Cc1nn(C2CCS(=O)(=O)C2)c(C)c1S(=O)(=O)Nc1ccc(Oc2ccccc2)cc1. The van der Waals surface area contributed by atoms with E-state index in [-0.39, 0.29) is 22.4 Å². The highest BCUT2D eigenvalue weighted by atomic mass is 32.2. The molecule has 1 N–H and O–H groups in total. The van der Waals surface area contributed by atoms with Crippen LogP contribution < -0.4 is 9.46 Å². The first-order valence-corrected chi connectivity index (χ1v) is 13.1.